The van der Waals surface area contributed by atoms with E-state index in [0.717, 1.165) is 24.8 Å². The Bertz CT molecular complexity index is 887. The number of carbonyl (C=O) groups is 3. The highest BCUT2D eigenvalue weighted by Crippen LogP contribution is 2.55. The first-order valence-corrected chi connectivity index (χ1v) is 10.7. The van der Waals surface area contributed by atoms with Crippen LogP contribution in [0.25, 0.3) is 6.08 Å². The molecule has 5 aliphatic rings. The maximum atomic E-state index is 12.4. The van der Waals surface area contributed by atoms with Crippen LogP contribution in [0.2, 0.25) is 0 Å². The van der Waals surface area contributed by atoms with Crippen LogP contribution in [0, 0.1) is 17.8 Å². The predicted octanol–water partition coefficient (Wildman–Crippen LogP) is 2.80. The summed E-state index contributed by atoms with van der Waals surface area (Å²) in [4.78, 5) is 36.8. The lowest BCUT2D eigenvalue weighted by Gasteiger charge is -2.56. The number of ether oxygens (including phenoxy) is 2. The van der Waals surface area contributed by atoms with Gasteiger partial charge in [-0.15, -0.1) is 0 Å². The summed E-state index contributed by atoms with van der Waals surface area (Å²) in [7, 11) is 0. The zero-order valence-corrected chi connectivity index (χ0v) is 16.8. The molecule has 4 bridgehead atoms. The van der Waals surface area contributed by atoms with Gasteiger partial charge in [0.2, 0.25) is 0 Å². The van der Waals surface area contributed by atoms with E-state index >= 15 is 0 Å². The normalized spacial score (nSPS) is 30.5. The fourth-order valence-corrected chi connectivity index (χ4v) is 6.16. The molecular weight excluding hydrogens is 384 g/mol. The number of amides is 3. The van der Waals surface area contributed by atoms with Crippen LogP contribution in [0.15, 0.2) is 29.8 Å². The van der Waals surface area contributed by atoms with Crippen molar-refractivity contribution in [2.75, 3.05) is 13.2 Å². The number of hydrogen-bond donors (Lipinski definition) is 2. The molecule has 3 amide bonds. The molecule has 0 atom stereocenters. The van der Waals surface area contributed by atoms with E-state index in [2.05, 4.69) is 10.6 Å². The summed E-state index contributed by atoms with van der Waals surface area (Å²) in [6, 6.07) is 6.87. The van der Waals surface area contributed by atoms with E-state index in [9.17, 15) is 14.4 Å². The molecule has 0 saturated heterocycles. The van der Waals surface area contributed by atoms with E-state index in [4.69, 9.17) is 9.47 Å². The molecule has 30 heavy (non-hydrogen) atoms. The fraction of sp³-hybridized carbons (Fsp3) is 0.522. The highest BCUT2D eigenvalue weighted by Gasteiger charge is 2.51. The zero-order valence-electron chi connectivity index (χ0n) is 16.8. The number of rotatable bonds is 4. The molecule has 7 heteroatoms. The van der Waals surface area contributed by atoms with Gasteiger partial charge in [-0.2, -0.15) is 0 Å². The van der Waals surface area contributed by atoms with Crippen molar-refractivity contribution in [1.29, 1.82) is 0 Å². The summed E-state index contributed by atoms with van der Waals surface area (Å²) >= 11 is 0. The van der Waals surface area contributed by atoms with Crippen molar-refractivity contribution in [2.24, 2.45) is 17.8 Å². The summed E-state index contributed by atoms with van der Waals surface area (Å²) in [5.74, 6) is 1.54. The second kappa shape index (κ2) is 7.45. The van der Waals surface area contributed by atoms with E-state index < -0.39 is 24.5 Å². The van der Waals surface area contributed by atoms with Gasteiger partial charge in [0.15, 0.2) is 6.61 Å². The Morgan fingerprint density at radius 2 is 1.70 bits per heavy atom. The predicted molar refractivity (Wildman–Crippen MR) is 108 cm³/mol. The second-order valence-electron chi connectivity index (χ2n) is 9.27. The Morgan fingerprint density at radius 3 is 2.40 bits per heavy atom. The quantitative estimate of drug-likeness (QED) is 0.745. The van der Waals surface area contributed by atoms with Crippen LogP contribution in [0.4, 0.5) is 4.79 Å². The molecule has 0 unspecified atom stereocenters. The number of hydrogen-bond acceptors (Lipinski definition) is 5. The summed E-state index contributed by atoms with van der Waals surface area (Å²) < 4.78 is 10.6. The standard InChI is InChI=1S/C23H26N2O5/c26-20(13-30-21(27)18-8-17-3-1-2-4-19(17)29-12-18)24-22(28)25-23-9-14-5-15(10-23)7-16(6-14)11-23/h1-4,8,14-16H,5-7,9-13H2,(H2,24,25,26,28). The first-order valence-electron chi connectivity index (χ1n) is 10.7. The molecule has 158 valence electrons. The number of fused-ring (bicyclic) bond motifs is 1. The van der Waals surface area contributed by atoms with Crippen LogP contribution in [0.1, 0.15) is 44.1 Å². The first kappa shape index (κ1) is 19.2. The number of nitrogens with one attached hydrogen (secondary N) is 2. The minimum Gasteiger partial charge on any atom is -0.488 e. The van der Waals surface area contributed by atoms with Crippen LogP contribution in [-0.4, -0.2) is 36.7 Å². The van der Waals surface area contributed by atoms with Crippen molar-refractivity contribution in [3.63, 3.8) is 0 Å². The summed E-state index contributed by atoms with van der Waals surface area (Å²) in [6.45, 7) is -0.421. The third-order valence-corrected chi connectivity index (χ3v) is 6.90. The average molecular weight is 410 g/mol. The van der Waals surface area contributed by atoms with Gasteiger partial charge in [0.1, 0.15) is 12.4 Å². The van der Waals surface area contributed by atoms with Gasteiger partial charge in [-0.1, -0.05) is 18.2 Å². The molecular formula is C23H26N2O5. The SMILES string of the molecule is O=C(COC(=O)C1=Cc2ccccc2OC1)NC(=O)NC12CC3CC(CC(C3)C1)C2. The molecule has 0 spiro atoms. The number of urea groups is 1. The molecule has 4 aliphatic carbocycles. The molecule has 1 aromatic carbocycles. The number of esters is 1. The van der Waals surface area contributed by atoms with Crippen molar-refractivity contribution < 1.29 is 23.9 Å². The van der Waals surface area contributed by atoms with E-state index in [-0.39, 0.29) is 12.1 Å². The van der Waals surface area contributed by atoms with Gasteiger partial charge in [0.25, 0.3) is 5.91 Å². The van der Waals surface area contributed by atoms with Gasteiger partial charge in [0, 0.05) is 11.1 Å². The van der Waals surface area contributed by atoms with E-state index in [0.29, 0.717) is 29.1 Å². The third kappa shape index (κ3) is 3.80. The monoisotopic (exact) mass is 410 g/mol. The molecule has 4 saturated carbocycles. The topological polar surface area (TPSA) is 93.7 Å². The van der Waals surface area contributed by atoms with E-state index in [1.54, 1.807) is 6.08 Å². The number of benzene rings is 1. The maximum absolute atomic E-state index is 12.4. The molecule has 1 heterocycles. The van der Waals surface area contributed by atoms with Crippen molar-refractivity contribution in [1.82, 2.24) is 10.6 Å². The minimum absolute atomic E-state index is 0.0873. The number of carbonyl (C=O) groups excluding carboxylic acids is 3. The lowest BCUT2D eigenvalue weighted by atomic mass is 9.53. The molecule has 1 aromatic rings. The molecule has 4 fully saturated rings. The second-order valence-corrected chi connectivity index (χ2v) is 9.27. The van der Waals surface area contributed by atoms with Crippen LogP contribution >= 0.6 is 0 Å². The fourth-order valence-electron chi connectivity index (χ4n) is 6.16. The van der Waals surface area contributed by atoms with Gasteiger partial charge >= 0.3 is 12.0 Å². The van der Waals surface area contributed by atoms with Gasteiger partial charge in [-0.3, -0.25) is 10.1 Å². The van der Waals surface area contributed by atoms with Crippen molar-refractivity contribution in [3.8, 4) is 5.75 Å². The van der Waals surface area contributed by atoms with Gasteiger partial charge in [-0.05, 0) is 68.4 Å². The Morgan fingerprint density at radius 1 is 1.03 bits per heavy atom. The number of imide groups is 1. The molecule has 0 aromatic heterocycles. The van der Waals surface area contributed by atoms with E-state index in [1.165, 1.54) is 19.3 Å². The smallest absolute Gasteiger partial charge is 0.338 e. The maximum Gasteiger partial charge on any atom is 0.338 e. The zero-order chi connectivity index (χ0) is 20.7. The average Bonchev–Trinajstić information content (AvgIpc) is 2.70. The molecule has 7 nitrogen and oxygen atoms in total. The lowest BCUT2D eigenvalue weighted by molar-refractivity contribution is -0.144. The van der Waals surface area contributed by atoms with Crippen LogP contribution in [-0.2, 0) is 14.3 Å². The van der Waals surface area contributed by atoms with Crippen molar-refractivity contribution >= 4 is 24.0 Å². The number of para-hydroxylation sites is 1. The van der Waals surface area contributed by atoms with Crippen molar-refractivity contribution in [3.05, 3.63) is 35.4 Å². The van der Waals surface area contributed by atoms with Gasteiger partial charge < -0.3 is 14.8 Å². The van der Waals surface area contributed by atoms with Crippen LogP contribution in [0.3, 0.4) is 0 Å². The molecule has 6 rings (SSSR count). The Hall–Kier alpha value is -2.83. The summed E-state index contributed by atoms with van der Waals surface area (Å²) in [6.07, 6.45) is 8.55. The summed E-state index contributed by atoms with van der Waals surface area (Å²) in [5.41, 5.74) is 0.947. The van der Waals surface area contributed by atoms with Gasteiger partial charge in [0.05, 0.1) is 5.57 Å². The molecule has 0 radical (unpaired) electrons. The Kier molecular flexibility index (Phi) is 4.76. The first-order chi connectivity index (χ1) is 14.5. The van der Waals surface area contributed by atoms with Crippen molar-refractivity contribution in [2.45, 2.75) is 44.1 Å². The Balaban J connectivity index is 1.11. The van der Waals surface area contributed by atoms with E-state index in [1.807, 2.05) is 24.3 Å². The molecule has 2 N–H and O–H groups in total. The Labute approximate surface area is 175 Å². The van der Waals surface area contributed by atoms with Gasteiger partial charge in [-0.25, -0.2) is 9.59 Å². The molecule has 1 aliphatic heterocycles. The minimum atomic E-state index is -0.636. The largest absolute Gasteiger partial charge is 0.488 e. The van der Waals surface area contributed by atoms with Crippen LogP contribution < -0.4 is 15.4 Å². The highest BCUT2D eigenvalue weighted by atomic mass is 16.5. The third-order valence-electron chi connectivity index (χ3n) is 6.90. The summed E-state index contributed by atoms with van der Waals surface area (Å²) in [5, 5.41) is 5.39. The van der Waals surface area contributed by atoms with Crippen LogP contribution in [0.5, 0.6) is 5.75 Å². The lowest BCUT2D eigenvalue weighted by Crippen LogP contribution is -2.62. The highest BCUT2D eigenvalue weighted by molar-refractivity contribution is 5.99.